The van der Waals surface area contributed by atoms with Crippen LogP contribution in [-0.2, 0) is 14.3 Å². The van der Waals surface area contributed by atoms with Crippen LogP contribution in [0.3, 0.4) is 0 Å². The predicted octanol–water partition coefficient (Wildman–Crippen LogP) is 2.07. The quantitative estimate of drug-likeness (QED) is 0.734. The van der Waals surface area contributed by atoms with Gasteiger partial charge in [0.05, 0.1) is 18.6 Å². The highest BCUT2D eigenvalue weighted by Crippen LogP contribution is 2.41. The van der Waals surface area contributed by atoms with Crippen molar-refractivity contribution in [2.24, 2.45) is 23.2 Å². The molecule has 0 fully saturated rings. The molecule has 1 N–H and O–H groups in total. The zero-order valence-electron chi connectivity index (χ0n) is 11.6. The predicted molar refractivity (Wildman–Crippen MR) is 65.5 cm³/mol. The third kappa shape index (κ3) is 2.81. The lowest BCUT2D eigenvalue weighted by molar-refractivity contribution is -0.168. The minimum atomic E-state index is -1.64. The van der Waals surface area contributed by atoms with Crippen molar-refractivity contribution in [3.8, 4) is 6.07 Å². The van der Waals surface area contributed by atoms with Gasteiger partial charge in [0.15, 0.2) is 5.41 Å². The number of carboxylic acids is 1. The number of rotatable bonds is 6. The van der Waals surface area contributed by atoms with E-state index in [0.717, 1.165) is 0 Å². The van der Waals surface area contributed by atoms with E-state index in [-0.39, 0.29) is 12.5 Å². The second-order valence-electron chi connectivity index (χ2n) is 4.92. The topological polar surface area (TPSA) is 87.4 Å². The van der Waals surface area contributed by atoms with E-state index in [2.05, 4.69) is 0 Å². The van der Waals surface area contributed by atoms with Gasteiger partial charge >= 0.3 is 11.9 Å². The Kier molecular flexibility index (Phi) is 5.83. The van der Waals surface area contributed by atoms with Crippen LogP contribution in [-0.4, -0.2) is 23.7 Å². The molecule has 0 aliphatic rings. The molecule has 0 radical (unpaired) electrons. The summed E-state index contributed by atoms with van der Waals surface area (Å²) in [5, 5.41) is 18.7. The molecule has 0 aromatic carbocycles. The zero-order valence-corrected chi connectivity index (χ0v) is 11.6. The van der Waals surface area contributed by atoms with Crippen LogP contribution in [0.4, 0.5) is 0 Å². The van der Waals surface area contributed by atoms with Crippen LogP contribution in [0.2, 0.25) is 0 Å². The summed E-state index contributed by atoms with van der Waals surface area (Å²) in [6.07, 6.45) is 0. The molecule has 0 aromatic heterocycles. The highest BCUT2D eigenvalue weighted by Gasteiger charge is 2.54. The van der Waals surface area contributed by atoms with Gasteiger partial charge in [0.1, 0.15) is 0 Å². The van der Waals surface area contributed by atoms with Gasteiger partial charge in [0.25, 0.3) is 0 Å². The fourth-order valence-electron chi connectivity index (χ4n) is 2.22. The van der Waals surface area contributed by atoms with Crippen molar-refractivity contribution in [3.63, 3.8) is 0 Å². The first kappa shape index (κ1) is 16.4. The molecular weight excluding hydrogens is 234 g/mol. The lowest BCUT2D eigenvalue weighted by Crippen LogP contribution is -2.48. The highest BCUT2D eigenvalue weighted by molar-refractivity contribution is 5.87. The number of hydrogen-bond donors (Lipinski definition) is 1. The average Bonchev–Trinajstić information content (AvgIpc) is 2.23. The second-order valence-corrected chi connectivity index (χ2v) is 4.92. The molecule has 2 unspecified atom stereocenters. The van der Waals surface area contributed by atoms with Gasteiger partial charge < -0.3 is 9.84 Å². The van der Waals surface area contributed by atoms with E-state index in [1.54, 1.807) is 34.6 Å². The van der Waals surface area contributed by atoms with Crippen LogP contribution in [0.25, 0.3) is 0 Å². The molecule has 0 rings (SSSR count). The summed E-state index contributed by atoms with van der Waals surface area (Å²) in [6.45, 7) is 8.46. The summed E-state index contributed by atoms with van der Waals surface area (Å²) in [4.78, 5) is 23.5. The smallest absolute Gasteiger partial charge is 0.327 e. The van der Waals surface area contributed by atoms with E-state index in [9.17, 15) is 20.0 Å². The van der Waals surface area contributed by atoms with Crippen molar-refractivity contribution in [2.75, 3.05) is 6.61 Å². The second kappa shape index (κ2) is 6.39. The number of nitrogens with zero attached hydrogens (tertiary/aromatic N) is 1. The van der Waals surface area contributed by atoms with Crippen molar-refractivity contribution >= 4 is 11.9 Å². The Labute approximate surface area is 108 Å². The van der Waals surface area contributed by atoms with Crippen LogP contribution >= 0.6 is 0 Å². The molecule has 0 saturated carbocycles. The normalized spacial score (nSPS) is 15.9. The highest BCUT2D eigenvalue weighted by atomic mass is 16.5. The summed E-state index contributed by atoms with van der Waals surface area (Å²) in [5.41, 5.74) is -1.64. The maximum Gasteiger partial charge on any atom is 0.327 e. The lowest BCUT2D eigenvalue weighted by atomic mass is 9.64. The monoisotopic (exact) mass is 255 g/mol. The van der Waals surface area contributed by atoms with Crippen LogP contribution < -0.4 is 0 Å². The van der Waals surface area contributed by atoms with E-state index in [4.69, 9.17) is 4.74 Å². The number of esters is 1. The average molecular weight is 255 g/mol. The van der Waals surface area contributed by atoms with Gasteiger partial charge in [-0.2, -0.15) is 5.26 Å². The molecule has 102 valence electrons. The standard InChI is InChI=1S/C13H21NO4/c1-6-18-12(17)13(7-14,9(4)5)10(8(2)3)11(15)16/h8-10H,6H2,1-5H3,(H,15,16). The largest absolute Gasteiger partial charge is 0.481 e. The van der Waals surface area contributed by atoms with Crippen LogP contribution in [0, 0.1) is 34.5 Å². The molecule has 0 bridgehead atoms. The lowest BCUT2D eigenvalue weighted by Gasteiger charge is -2.35. The SMILES string of the molecule is CCOC(=O)C(C#N)(C(C)C)C(C(=O)O)C(C)C. The van der Waals surface area contributed by atoms with Gasteiger partial charge in [-0.1, -0.05) is 27.7 Å². The molecule has 0 aromatic rings. The number of nitriles is 1. The van der Waals surface area contributed by atoms with Crippen molar-refractivity contribution in [3.05, 3.63) is 0 Å². The Bertz CT molecular complexity index is 356. The Hall–Kier alpha value is -1.57. The van der Waals surface area contributed by atoms with Gasteiger partial charge in [-0.15, -0.1) is 0 Å². The van der Waals surface area contributed by atoms with Gasteiger partial charge in [-0.3, -0.25) is 9.59 Å². The fraction of sp³-hybridized carbons (Fsp3) is 0.769. The number of ether oxygens (including phenoxy) is 1. The van der Waals surface area contributed by atoms with E-state index >= 15 is 0 Å². The third-order valence-corrected chi connectivity index (χ3v) is 3.13. The summed E-state index contributed by atoms with van der Waals surface area (Å²) in [5.74, 6) is -3.75. The van der Waals surface area contributed by atoms with E-state index in [0.29, 0.717) is 0 Å². The first-order chi connectivity index (χ1) is 8.25. The van der Waals surface area contributed by atoms with Gasteiger partial charge in [-0.05, 0) is 18.8 Å². The molecule has 0 spiro atoms. The molecular formula is C13H21NO4. The molecule has 18 heavy (non-hydrogen) atoms. The number of carboxylic acid groups (broad SMARTS) is 1. The first-order valence-electron chi connectivity index (χ1n) is 6.06. The molecule has 0 amide bonds. The van der Waals surface area contributed by atoms with Crippen molar-refractivity contribution in [2.45, 2.75) is 34.6 Å². The Balaban J connectivity index is 5.80. The summed E-state index contributed by atoms with van der Waals surface area (Å²) < 4.78 is 4.92. The van der Waals surface area contributed by atoms with Crippen LogP contribution in [0.15, 0.2) is 0 Å². The number of aliphatic carboxylic acids is 1. The summed E-state index contributed by atoms with van der Waals surface area (Å²) in [6, 6.07) is 1.91. The Morgan fingerprint density at radius 3 is 2.06 bits per heavy atom. The molecule has 0 aliphatic heterocycles. The van der Waals surface area contributed by atoms with E-state index in [1.807, 2.05) is 6.07 Å². The van der Waals surface area contributed by atoms with E-state index in [1.165, 1.54) is 0 Å². The van der Waals surface area contributed by atoms with Crippen LogP contribution in [0.1, 0.15) is 34.6 Å². The molecule has 5 heteroatoms. The van der Waals surface area contributed by atoms with Gasteiger partial charge in [0, 0.05) is 0 Å². The van der Waals surface area contributed by atoms with Crippen LogP contribution in [0.5, 0.6) is 0 Å². The zero-order chi connectivity index (χ0) is 14.5. The summed E-state index contributed by atoms with van der Waals surface area (Å²) >= 11 is 0. The third-order valence-electron chi connectivity index (χ3n) is 3.13. The number of hydrogen-bond acceptors (Lipinski definition) is 4. The minimum Gasteiger partial charge on any atom is -0.481 e. The maximum atomic E-state index is 12.1. The van der Waals surface area contributed by atoms with E-state index < -0.39 is 29.2 Å². The molecule has 0 saturated heterocycles. The van der Waals surface area contributed by atoms with Crippen molar-refractivity contribution in [1.29, 1.82) is 5.26 Å². The van der Waals surface area contributed by atoms with Crippen molar-refractivity contribution in [1.82, 2.24) is 0 Å². The Morgan fingerprint density at radius 1 is 1.33 bits per heavy atom. The number of carbonyl (C=O) groups is 2. The summed E-state index contributed by atoms with van der Waals surface area (Å²) in [7, 11) is 0. The number of carbonyl (C=O) groups excluding carboxylic acids is 1. The molecule has 5 nitrogen and oxygen atoms in total. The fourth-order valence-corrected chi connectivity index (χ4v) is 2.22. The van der Waals surface area contributed by atoms with Gasteiger partial charge in [0.2, 0.25) is 0 Å². The Morgan fingerprint density at radius 2 is 1.83 bits per heavy atom. The molecule has 0 aliphatic carbocycles. The minimum absolute atomic E-state index is 0.124. The maximum absolute atomic E-state index is 12.1. The van der Waals surface area contributed by atoms with Gasteiger partial charge in [-0.25, -0.2) is 0 Å². The molecule has 0 heterocycles. The molecule has 2 atom stereocenters. The van der Waals surface area contributed by atoms with Crippen molar-refractivity contribution < 1.29 is 19.4 Å². The first-order valence-corrected chi connectivity index (χ1v) is 6.06.